The minimum absolute atomic E-state index is 0.159. The summed E-state index contributed by atoms with van der Waals surface area (Å²) in [6, 6.07) is 17.7. The Morgan fingerprint density at radius 1 is 1.19 bits per heavy atom. The van der Waals surface area contributed by atoms with Crippen LogP contribution in [-0.4, -0.2) is 32.6 Å². The summed E-state index contributed by atoms with van der Waals surface area (Å²) in [5, 5.41) is 13.3. The first-order chi connectivity index (χ1) is 15.4. The number of nitrogens with zero attached hydrogens (tertiary/aromatic N) is 4. The first kappa shape index (κ1) is 24.2. The maximum absolute atomic E-state index is 12.2. The van der Waals surface area contributed by atoms with Crippen LogP contribution in [0.4, 0.5) is 0 Å². The monoisotopic (exact) mass is 573 g/mol. The minimum atomic E-state index is -0.235. The average molecular weight is 575 g/mol. The van der Waals surface area contributed by atoms with Gasteiger partial charge in [0.05, 0.1) is 12.0 Å². The molecule has 1 heterocycles. The van der Waals surface area contributed by atoms with E-state index in [4.69, 9.17) is 0 Å². The van der Waals surface area contributed by atoms with Crippen LogP contribution in [-0.2, 0) is 11.3 Å². The van der Waals surface area contributed by atoms with Crippen LogP contribution in [0.2, 0.25) is 0 Å². The highest BCUT2D eigenvalue weighted by Gasteiger charge is 2.15. The first-order valence-corrected chi connectivity index (χ1v) is 12.2. The summed E-state index contributed by atoms with van der Waals surface area (Å²) in [5.74, 6) is 0.657. The Labute approximate surface area is 208 Å². The van der Waals surface area contributed by atoms with Gasteiger partial charge in [0.1, 0.15) is 0 Å². The lowest BCUT2D eigenvalue weighted by Crippen LogP contribution is -2.20. The summed E-state index contributed by atoms with van der Waals surface area (Å²) in [6.07, 6.45) is 3.46. The fourth-order valence-electron chi connectivity index (χ4n) is 2.69. The number of benzene rings is 2. The predicted molar refractivity (Wildman–Crippen MR) is 139 cm³/mol. The van der Waals surface area contributed by atoms with Gasteiger partial charge in [-0.1, -0.05) is 82.3 Å². The molecule has 1 N–H and O–H groups in total. The van der Waals surface area contributed by atoms with Crippen molar-refractivity contribution in [2.45, 2.75) is 18.6 Å². The Bertz CT molecular complexity index is 1140. The molecule has 0 bridgehead atoms. The van der Waals surface area contributed by atoms with Crippen molar-refractivity contribution < 1.29 is 4.79 Å². The highest BCUT2D eigenvalue weighted by Crippen LogP contribution is 2.26. The molecule has 0 radical (unpaired) electrons. The Kier molecular flexibility index (Phi) is 9.01. The largest absolute Gasteiger partial charge is 0.298 e. The zero-order chi connectivity index (χ0) is 22.9. The van der Waals surface area contributed by atoms with Gasteiger partial charge in [-0.15, -0.1) is 10.2 Å². The zero-order valence-corrected chi connectivity index (χ0v) is 21.3. The molecule has 2 aromatic carbocycles. The molecule has 0 saturated heterocycles. The fourth-order valence-corrected chi connectivity index (χ4v) is 4.06. The molecule has 164 valence electrons. The lowest BCUT2D eigenvalue weighted by Gasteiger charge is -2.10. The molecule has 3 rings (SSSR count). The molecule has 0 aliphatic carbocycles. The van der Waals surface area contributed by atoms with Crippen LogP contribution in [0.25, 0.3) is 17.5 Å². The van der Waals surface area contributed by atoms with Gasteiger partial charge in [0.25, 0.3) is 5.91 Å². The second-order valence-corrected chi connectivity index (χ2v) is 9.65. The molecule has 32 heavy (non-hydrogen) atoms. The number of halogens is 2. The van der Waals surface area contributed by atoms with Crippen LogP contribution in [0, 0.1) is 0 Å². The van der Waals surface area contributed by atoms with Gasteiger partial charge in [-0.05, 0) is 46.6 Å². The Hall–Kier alpha value is -2.49. The van der Waals surface area contributed by atoms with E-state index < -0.39 is 0 Å². The van der Waals surface area contributed by atoms with E-state index in [9.17, 15) is 4.79 Å². The molecule has 1 amide bonds. The van der Waals surface area contributed by atoms with Crippen LogP contribution in [0.3, 0.4) is 0 Å². The van der Waals surface area contributed by atoms with Crippen LogP contribution in [0.15, 0.2) is 86.0 Å². The van der Waals surface area contributed by atoms with Crippen LogP contribution < -0.4 is 5.43 Å². The van der Waals surface area contributed by atoms with Crippen LogP contribution in [0.1, 0.15) is 12.5 Å². The Morgan fingerprint density at radius 2 is 1.91 bits per heavy atom. The van der Waals surface area contributed by atoms with Gasteiger partial charge < -0.3 is 0 Å². The van der Waals surface area contributed by atoms with Gasteiger partial charge in [0, 0.05) is 21.1 Å². The van der Waals surface area contributed by atoms with E-state index in [1.807, 2.05) is 72.2 Å². The van der Waals surface area contributed by atoms with Gasteiger partial charge in [-0.3, -0.25) is 9.36 Å². The quantitative estimate of drug-likeness (QED) is 0.149. The molecule has 1 aromatic heterocycles. The van der Waals surface area contributed by atoms with E-state index in [2.05, 4.69) is 59.2 Å². The smallest absolute Gasteiger partial charge is 0.250 e. The van der Waals surface area contributed by atoms with Gasteiger partial charge in [-0.2, -0.15) is 5.10 Å². The van der Waals surface area contributed by atoms with Crippen LogP contribution >= 0.6 is 43.6 Å². The SMILES string of the molecule is C=C(C)Cn1c(SCC(=O)NN=CC(Br)=Cc2ccccc2)nnc1-c1ccc(Br)cc1. The maximum Gasteiger partial charge on any atom is 0.250 e. The molecule has 0 unspecified atom stereocenters. The van der Waals surface area contributed by atoms with Crippen molar-refractivity contribution in [3.05, 3.63) is 81.3 Å². The third kappa shape index (κ3) is 7.29. The lowest BCUT2D eigenvalue weighted by molar-refractivity contribution is -0.118. The summed E-state index contributed by atoms with van der Waals surface area (Å²) in [5.41, 5.74) is 5.48. The molecule has 0 saturated carbocycles. The number of thioether (sulfide) groups is 1. The predicted octanol–water partition coefficient (Wildman–Crippen LogP) is 5.91. The molecule has 0 fully saturated rings. The standard InChI is InChI=1S/C23H21Br2N5OS/c1-16(2)14-30-22(18-8-10-19(24)11-9-18)28-29-23(30)32-15-21(31)27-26-13-20(25)12-17-6-4-3-5-7-17/h3-13H,1,14-15H2,2H3,(H,27,31). The van der Waals surface area contributed by atoms with Gasteiger partial charge in [0.15, 0.2) is 11.0 Å². The normalized spacial score (nSPS) is 11.7. The fraction of sp³-hybridized carbons (Fsp3) is 0.130. The molecule has 0 aliphatic heterocycles. The number of allylic oxidation sites excluding steroid dienone is 2. The molecule has 3 aromatic rings. The summed E-state index contributed by atoms with van der Waals surface area (Å²) in [4.78, 5) is 12.2. The lowest BCUT2D eigenvalue weighted by atomic mass is 10.2. The van der Waals surface area contributed by atoms with E-state index in [1.165, 1.54) is 11.8 Å². The summed E-state index contributed by atoms with van der Waals surface area (Å²) < 4.78 is 3.70. The van der Waals surface area contributed by atoms with Crippen molar-refractivity contribution >= 4 is 61.8 Å². The zero-order valence-electron chi connectivity index (χ0n) is 17.3. The van der Waals surface area contributed by atoms with Crippen LogP contribution in [0.5, 0.6) is 0 Å². The summed E-state index contributed by atoms with van der Waals surface area (Å²) in [6.45, 7) is 6.51. The second kappa shape index (κ2) is 11.9. The van der Waals surface area contributed by atoms with Crippen molar-refractivity contribution in [1.82, 2.24) is 20.2 Å². The molecular weight excluding hydrogens is 554 g/mol. The van der Waals surface area contributed by atoms with Gasteiger partial charge in [-0.25, -0.2) is 5.43 Å². The van der Waals surface area contributed by atoms with Gasteiger partial charge >= 0.3 is 0 Å². The molecule has 0 aliphatic rings. The number of carbonyl (C=O) groups excluding carboxylic acids is 1. The molecular formula is C23H21Br2N5OS. The number of carbonyl (C=O) groups is 1. The third-order valence-electron chi connectivity index (χ3n) is 4.06. The highest BCUT2D eigenvalue weighted by atomic mass is 79.9. The number of amides is 1. The van der Waals surface area contributed by atoms with Gasteiger partial charge in [0.2, 0.25) is 0 Å². The molecule has 0 spiro atoms. The Morgan fingerprint density at radius 3 is 2.59 bits per heavy atom. The highest BCUT2D eigenvalue weighted by molar-refractivity contribution is 9.12. The first-order valence-electron chi connectivity index (χ1n) is 9.63. The number of nitrogens with one attached hydrogen (secondary N) is 1. The number of hydrogen-bond donors (Lipinski definition) is 1. The average Bonchev–Trinajstić information content (AvgIpc) is 3.15. The van der Waals surface area contributed by atoms with Crippen molar-refractivity contribution in [2.24, 2.45) is 5.10 Å². The number of hydrazone groups is 1. The van der Waals surface area contributed by atoms with Crippen molar-refractivity contribution in [3.63, 3.8) is 0 Å². The van der Waals surface area contributed by atoms with E-state index in [-0.39, 0.29) is 11.7 Å². The van der Waals surface area contributed by atoms with Crippen molar-refractivity contribution in [1.29, 1.82) is 0 Å². The Balaban J connectivity index is 1.62. The van der Waals surface area contributed by atoms with E-state index in [0.717, 1.165) is 31.5 Å². The summed E-state index contributed by atoms with van der Waals surface area (Å²) >= 11 is 8.17. The topological polar surface area (TPSA) is 72.2 Å². The second-order valence-electron chi connectivity index (χ2n) is 6.88. The molecule has 0 atom stereocenters. The summed E-state index contributed by atoms with van der Waals surface area (Å²) in [7, 11) is 0. The van der Waals surface area contributed by atoms with E-state index >= 15 is 0 Å². The number of rotatable bonds is 9. The number of hydrogen-bond acceptors (Lipinski definition) is 5. The maximum atomic E-state index is 12.2. The van der Waals surface area contributed by atoms with Crippen molar-refractivity contribution in [3.8, 4) is 11.4 Å². The third-order valence-corrected chi connectivity index (χ3v) is 5.99. The van der Waals surface area contributed by atoms with E-state index in [0.29, 0.717) is 11.7 Å². The number of aromatic nitrogens is 3. The molecule has 6 nitrogen and oxygen atoms in total. The minimum Gasteiger partial charge on any atom is -0.298 e. The molecule has 9 heteroatoms. The van der Waals surface area contributed by atoms with E-state index in [1.54, 1.807) is 6.21 Å². The van der Waals surface area contributed by atoms with Crippen molar-refractivity contribution in [2.75, 3.05) is 5.75 Å².